The van der Waals surface area contributed by atoms with E-state index in [1.807, 2.05) is 0 Å². The van der Waals surface area contributed by atoms with Gasteiger partial charge in [-0.25, -0.2) is 15.0 Å². The van der Waals surface area contributed by atoms with Gasteiger partial charge in [-0.2, -0.15) is 13.2 Å². The number of nitrogen functional groups attached to an aromatic ring is 1. The smallest absolute Gasteiger partial charge is 0.383 e. The first-order valence-electron chi connectivity index (χ1n) is 8.81. The number of aliphatic hydroxyl groups excluding tert-OH is 1. The first-order chi connectivity index (χ1) is 15.0. The van der Waals surface area contributed by atoms with Gasteiger partial charge in [0, 0.05) is 5.69 Å². The Morgan fingerprint density at radius 2 is 2.03 bits per heavy atom. The first-order valence-corrected chi connectivity index (χ1v) is 10.8. The average molecular weight is 552 g/mol. The van der Waals surface area contributed by atoms with E-state index in [1.54, 1.807) is 6.92 Å². The molecule has 1 aromatic carbocycles. The van der Waals surface area contributed by atoms with E-state index in [2.05, 4.69) is 41.5 Å². The summed E-state index contributed by atoms with van der Waals surface area (Å²) in [5.41, 5.74) is 4.79. The van der Waals surface area contributed by atoms with E-state index >= 15 is 0 Å². The average Bonchev–Trinajstić information content (AvgIpc) is 3.21. The Bertz CT molecular complexity index is 1150. The fourth-order valence-corrected chi connectivity index (χ4v) is 4.05. The molecule has 0 saturated carbocycles. The molecule has 3 aromatic rings. The van der Waals surface area contributed by atoms with Gasteiger partial charge >= 0.3 is 6.18 Å². The molecule has 2 aromatic heterocycles. The number of amides is 1. The molecule has 1 amide bonds. The van der Waals surface area contributed by atoms with E-state index < -0.39 is 34.9 Å². The highest BCUT2D eigenvalue weighted by atomic mass is 79.9. The van der Waals surface area contributed by atoms with Crippen molar-refractivity contribution < 1.29 is 23.1 Å². The minimum absolute atomic E-state index is 0.0607. The quantitative estimate of drug-likeness (QED) is 0.331. The lowest BCUT2D eigenvalue weighted by Gasteiger charge is -2.18. The van der Waals surface area contributed by atoms with E-state index in [4.69, 9.17) is 17.3 Å². The summed E-state index contributed by atoms with van der Waals surface area (Å²) in [6.07, 6.45) is -3.36. The minimum Gasteiger partial charge on any atom is -0.383 e. The lowest BCUT2D eigenvalue weighted by atomic mass is 10.2. The van der Waals surface area contributed by atoms with Gasteiger partial charge in [0.05, 0.1) is 27.3 Å². The number of benzene rings is 1. The lowest BCUT2D eigenvalue weighted by Crippen LogP contribution is -2.25. The van der Waals surface area contributed by atoms with Crippen LogP contribution in [0.5, 0.6) is 0 Å². The third-order valence-corrected chi connectivity index (χ3v) is 6.48. The number of nitrogens with two attached hydrogens (primary N) is 1. The van der Waals surface area contributed by atoms with Gasteiger partial charge in [-0.15, -0.1) is 11.3 Å². The van der Waals surface area contributed by atoms with Crippen LogP contribution >= 0.6 is 38.9 Å². The Balaban J connectivity index is 1.70. The molecule has 5 N–H and O–H groups in total. The van der Waals surface area contributed by atoms with Crippen LogP contribution in [0.15, 0.2) is 35.2 Å². The van der Waals surface area contributed by atoms with Crippen LogP contribution in [0.25, 0.3) is 0 Å². The molecule has 3 rings (SSSR count). The molecular weight excluding hydrogens is 537 g/mol. The molecule has 14 heteroatoms. The fraction of sp³-hybridized carbons (Fsp3) is 0.222. The minimum atomic E-state index is -4.65. The molecule has 0 bridgehead atoms. The Morgan fingerprint density at radius 1 is 1.31 bits per heavy atom. The molecular formula is C18H15BrClF3N6O2S. The number of halogens is 5. The zero-order chi connectivity index (χ0) is 23.6. The molecule has 0 aliphatic rings. The summed E-state index contributed by atoms with van der Waals surface area (Å²) in [5.74, 6) is -0.476. The van der Waals surface area contributed by atoms with Crippen molar-refractivity contribution in [3.8, 4) is 0 Å². The number of nitrogens with one attached hydrogen (secondary N) is 2. The van der Waals surface area contributed by atoms with E-state index in [0.29, 0.717) is 9.48 Å². The summed E-state index contributed by atoms with van der Waals surface area (Å²) in [6.45, 7) is 1.71. The lowest BCUT2D eigenvalue weighted by molar-refractivity contribution is -0.137. The second-order valence-corrected chi connectivity index (χ2v) is 8.72. The first kappa shape index (κ1) is 24.3. The predicted octanol–water partition coefficient (Wildman–Crippen LogP) is 4.54. The van der Waals surface area contributed by atoms with Gasteiger partial charge in [0.15, 0.2) is 0 Å². The number of alkyl halides is 3. The number of aliphatic hydroxyl groups is 1. The number of aromatic nitrogens is 3. The topological polar surface area (TPSA) is 126 Å². The van der Waals surface area contributed by atoms with Crippen LogP contribution in [0, 0.1) is 0 Å². The van der Waals surface area contributed by atoms with E-state index in [9.17, 15) is 23.1 Å². The number of thiazole rings is 1. The van der Waals surface area contributed by atoms with Crippen molar-refractivity contribution in [1.82, 2.24) is 20.3 Å². The molecule has 2 atom stereocenters. The van der Waals surface area contributed by atoms with Crippen LogP contribution in [-0.2, 0) is 6.18 Å². The van der Waals surface area contributed by atoms with Crippen molar-refractivity contribution >= 4 is 56.3 Å². The fourth-order valence-electron chi connectivity index (χ4n) is 2.58. The molecule has 0 radical (unpaired) electrons. The zero-order valence-electron chi connectivity index (χ0n) is 16.1. The number of carbonyl (C=O) groups excluding carboxylic acids is 1. The number of carbonyl (C=O) groups is 1. The maximum Gasteiger partial charge on any atom is 0.417 e. The summed E-state index contributed by atoms with van der Waals surface area (Å²) < 4.78 is 39.4. The third kappa shape index (κ3) is 5.53. The molecule has 8 nitrogen and oxygen atoms in total. The van der Waals surface area contributed by atoms with Crippen LogP contribution in [0.2, 0.25) is 5.02 Å². The van der Waals surface area contributed by atoms with Gasteiger partial charge < -0.3 is 16.2 Å². The normalized spacial score (nSPS) is 13.6. The van der Waals surface area contributed by atoms with Crippen LogP contribution < -0.4 is 16.4 Å². The second kappa shape index (κ2) is 9.67. The molecule has 0 saturated heterocycles. The number of anilines is 2. The van der Waals surface area contributed by atoms with Crippen molar-refractivity contribution in [2.75, 3.05) is 11.1 Å². The summed E-state index contributed by atoms with van der Waals surface area (Å²) in [5, 5.41) is 15.6. The highest BCUT2D eigenvalue weighted by Crippen LogP contribution is 2.36. The SMILES string of the molecule is CC(NC(O)c1ncnc(N)c1Br)c1ncc(C(=O)Nc2ccc(Cl)c(C(F)(F)F)c2)s1. The van der Waals surface area contributed by atoms with Crippen molar-refractivity contribution in [2.24, 2.45) is 0 Å². The van der Waals surface area contributed by atoms with Crippen LogP contribution in [0.1, 0.15) is 45.1 Å². The van der Waals surface area contributed by atoms with E-state index in [1.165, 1.54) is 18.6 Å². The van der Waals surface area contributed by atoms with Gasteiger partial charge in [-0.05, 0) is 41.1 Å². The highest BCUT2D eigenvalue weighted by molar-refractivity contribution is 9.10. The molecule has 32 heavy (non-hydrogen) atoms. The van der Waals surface area contributed by atoms with Crippen LogP contribution in [-0.4, -0.2) is 26.0 Å². The zero-order valence-corrected chi connectivity index (χ0v) is 19.3. The Kier molecular flexibility index (Phi) is 7.35. The summed E-state index contributed by atoms with van der Waals surface area (Å²) in [4.78, 5) is 24.5. The summed E-state index contributed by atoms with van der Waals surface area (Å²) >= 11 is 9.81. The number of hydrogen-bond acceptors (Lipinski definition) is 8. The predicted molar refractivity (Wildman–Crippen MR) is 117 cm³/mol. The molecule has 2 unspecified atom stereocenters. The van der Waals surface area contributed by atoms with Crippen molar-refractivity contribution in [1.29, 1.82) is 0 Å². The van der Waals surface area contributed by atoms with E-state index in [-0.39, 0.29) is 22.1 Å². The Labute approximate surface area is 197 Å². The molecule has 2 heterocycles. The monoisotopic (exact) mass is 550 g/mol. The number of nitrogens with zero attached hydrogens (tertiary/aromatic N) is 3. The van der Waals surface area contributed by atoms with Gasteiger partial charge in [0.2, 0.25) is 0 Å². The number of hydrogen-bond donors (Lipinski definition) is 4. The standard InChI is InChI=1S/C18H15BrClF3N6O2S/c1-7(28-16(31)13-12(19)14(24)27-6-26-13)17-25-5-11(32-17)15(30)29-8-2-3-10(20)9(4-8)18(21,22)23/h2-7,16,28,31H,1H3,(H,29,30)(H2,24,26,27). The highest BCUT2D eigenvalue weighted by Gasteiger charge is 2.33. The van der Waals surface area contributed by atoms with Gasteiger partial charge in [0.1, 0.15) is 34.0 Å². The summed E-state index contributed by atoms with van der Waals surface area (Å²) in [6, 6.07) is 2.59. The Hall–Kier alpha value is -2.32. The third-order valence-electron chi connectivity index (χ3n) is 4.16. The van der Waals surface area contributed by atoms with Crippen LogP contribution in [0.3, 0.4) is 0 Å². The van der Waals surface area contributed by atoms with Crippen molar-refractivity contribution in [3.05, 3.63) is 61.4 Å². The summed E-state index contributed by atoms with van der Waals surface area (Å²) in [7, 11) is 0. The molecule has 170 valence electrons. The number of rotatable bonds is 6. The molecule has 0 aliphatic heterocycles. The van der Waals surface area contributed by atoms with Gasteiger partial charge in [-0.1, -0.05) is 11.6 Å². The molecule has 0 aliphatic carbocycles. The van der Waals surface area contributed by atoms with E-state index in [0.717, 1.165) is 23.5 Å². The Morgan fingerprint density at radius 3 is 2.72 bits per heavy atom. The van der Waals surface area contributed by atoms with Gasteiger partial charge in [0.25, 0.3) is 5.91 Å². The largest absolute Gasteiger partial charge is 0.417 e. The second-order valence-electron chi connectivity index (χ2n) is 6.46. The van der Waals surface area contributed by atoms with Gasteiger partial charge in [-0.3, -0.25) is 10.1 Å². The molecule has 0 spiro atoms. The maximum absolute atomic E-state index is 13.0. The molecule has 0 fully saturated rings. The maximum atomic E-state index is 13.0. The van der Waals surface area contributed by atoms with Crippen LogP contribution in [0.4, 0.5) is 24.7 Å². The van der Waals surface area contributed by atoms with Crippen molar-refractivity contribution in [3.63, 3.8) is 0 Å². The van der Waals surface area contributed by atoms with Crippen molar-refractivity contribution in [2.45, 2.75) is 25.4 Å².